The van der Waals surface area contributed by atoms with E-state index in [1.807, 2.05) is 12.2 Å². The molecule has 0 aromatic heterocycles. The number of carbonyl (C=O) groups excluding carboxylic acids is 6. The van der Waals surface area contributed by atoms with Gasteiger partial charge in [-0.15, -0.1) is 0 Å². The Balaban J connectivity index is 1.12. The number of carbonyl (C=O) groups is 6. The molecule has 0 unspecified atom stereocenters. The third-order valence-electron chi connectivity index (χ3n) is 9.23. The summed E-state index contributed by atoms with van der Waals surface area (Å²) in [7, 11) is 0. The van der Waals surface area contributed by atoms with E-state index in [0.717, 1.165) is 6.42 Å². The predicted octanol–water partition coefficient (Wildman–Crippen LogP) is 9.16. The van der Waals surface area contributed by atoms with Crippen molar-refractivity contribution in [1.29, 1.82) is 0 Å². The molecule has 6 N–H and O–H groups in total. The van der Waals surface area contributed by atoms with Crippen LogP contribution in [0.2, 0.25) is 0 Å². The van der Waals surface area contributed by atoms with Crippen LogP contribution in [0.4, 0.5) is 34.1 Å². The molecule has 6 aromatic carbocycles. The number of hydrogen-bond donors (Lipinski definition) is 6. The first-order chi connectivity index (χ1) is 29.2. The van der Waals surface area contributed by atoms with Crippen LogP contribution in [0, 0.1) is 0 Å². The summed E-state index contributed by atoms with van der Waals surface area (Å²) in [6, 6.07) is 41.2. The van der Waals surface area contributed by atoms with E-state index in [2.05, 4.69) is 31.9 Å². The normalized spacial score (nSPS) is 11.6. The first-order valence-electron chi connectivity index (χ1n) is 19.0. The molecule has 60 heavy (non-hydrogen) atoms. The summed E-state index contributed by atoms with van der Waals surface area (Å²) in [6.45, 7) is 0. The molecule has 0 bridgehead atoms. The van der Waals surface area contributed by atoms with Crippen molar-refractivity contribution in [2.45, 2.75) is 12.8 Å². The molecule has 0 saturated carbocycles. The highest BCUT2D eigenvalue weighted by Gasteiger charge is 2.19. The molecule has 0 heterocycles. The lowest BCUT2D eigenvalue weighted by Crippen LogP contribution is -2.20. The molecule has 296 valence electrons. The standard InChI is InChI=1S/C48H38N6O6/c55-43(31-13-4-1-5-14-31)49-37-19-10-22-40(28-37)52-46(58)34-25-35(47(59)53-41-23-11-20-38(29-41)50-44(56)32-15-6-2-7-16-32)27-36(26-34)48(60)54-42-24-12-21-39(30-42)51-45(57)33-17-8-3-9-18-33/h1-8,10-17,19-30H,9,18H2,(H,49,55)(H,50,56)(H,51,57)(H,52,58)(H,53,59)(H,54,60). The molecular weight excluding hydrogens is 757 g/mol. The lowest BCUT2D eigenvalue weighted by atomic mass is 10.0. The molecule has 0 spiro atoms. The van der Waals surface area contributed by atoms with Gasteiger partial charge in [-0.25, -0.2) is 0 Å². The number of hydrogen-bond acceptors (Lipinski definition) is 6. The Hall–Kier alpha value is -8.38. The molecule has 0 atom stereocenters. The summed E-state index contributed by atoms with van der Waals surface area (Å²) in [4.78, 5) is 79.9. The maximum absolute atomic E-state index is 13.8. The van der Waals surface area contributed by atoms with E-state index in [-0.39, 0.29) is 34.4 Å². The van der Waals surface area contributed by atoms with Crippen molar-refractivity contribution in [2.75, 3.05) is 31.9 Å². The first-order valence-corrected chi connectivity index (χ1v) is 19.0. The first kappa shape index (κ1) is 39.8. The summed E-state index contributed by atoms with van der Waals surface area (Å²) < 4.78 is 0. The zero-order valence-corrected chi connectivity index (χ0v) is 32.0. The van der Waals surface area contributed by atoms with Gasteiger partial charge in [0.25, 0.3) is 35.4 Å². The summed E-state index contributed by atoms with van der Waals surface area (Å²) in [6.07, 6.45) is 6.98. The quantitative estimate of drug-likeness (QED) is 0.0720. The van der Waals surface area contributed by atoms with E-state index < -0.39 is 17.7 Å². The fourth-order valence-corrected chi connectivity index (χ4v) is 6.24. The van der Waals surface area contributed by atoms with E-state index in [1.54, 1.807) is 140 Å². The van der Waals surface area contributed by atoms with E-state index >= 15 is 0 Å². The van der Waals surface area contributed by atoms with E-state index in [1.165, 1.54) is 18.2 Å². The monoisotopic (exact) mass is 794 g/mol. The summed E-state index contributed by atoms with van der Waals surface area (Å²) >= 11 is 0. The average Bonchev–Trinajstić information content (AvgIpc) is 3.27. The van der Waals surface area contributed by atoms with Crippen molar-refractivity contribution < 1.29 is 28.8 Å². The molecule has 0 aliphatic heterocycles. The van der Waals surface area contributed by atoms with Crippen LogP contribution in [0.1, 0.15) is 64.6 Å². The van der Waals surface area contributed by atoms with Gasteiger partial charge >= 0.3 is 0 Å². The minimum atomic E-state index is -0.632. The minimum absolute atomic E-state index is 0.00543. The zero-order chi connectivity index (χ0) is 41.8. The molecule has 12 heteroatoms. The van der Waals surface area contributed by atoms with Gasteiger partial charge in [-0.2, -0.15) is 0 Å². The van der Waals surface area contributed by atoms with E-state index in [4.69, 9.17) is 0 Å². The Morgan fingerprint density at radius 3 is 0.967 bits per heavy atom. The second-order valence-corrected chi connectivity index (χ2v) is 13.7. The van der Waals surface area contributed by atoms with Crippen molar-refractivity contribution in [1.82, 2.24) is 0 Å². The van der Waals surface area contributed by atoms with Gasteiger partial charge in [-0.1, -0.05) is 72.8 Å². The van der Waals surface area contributed by atoms with Gasteiger partial charge in [0.05, 0.1) is 0 Å². The van der Waals surface area contributed by atoms with Crippen LogP contribution >= 0.6 is 0 Å². The molecule has 12 nitrogen and oxygen atoms in total. The number of benzene rings is 6. The number of rotatable bonds is 12. The Morgan fingerprint density at radius 2 is 0.650 bits per heavy atom. The molecule has 0 saturated heterocycles. The van der Waals surface area contributed by atoms with Crippen LogP contribution < -0.4 is 31.9 Å². The smallest absolute Gasteiger partial charge is 0.255 e. The topological polar surface area (TPSA) is 175 Å². The average molecular weight is 795 g/mol. The molecule has 0 fully saturated rings. The van der Waals surface area contributed by atoms with Gasteiger partial charge in [0.1, 0.15) is 0 Å². The molecule has 6 aromatic rings. The maximum atomic E-state index is 13.8. The highest BCUT2D eigenvalue weighted by Crippen LogP contribution is 2.23. The number of anilines is 6. The number of allylic oxidation sites excluding steroid dienone is 3. The Labute approximate surface area is 345 Å². The van der Waals surface area contributed by atoms with Crippen molar-refractivity contribution in [3.63, 3.8) is 0 Å². The third-order valence-corrected chi connectivity index (χ3v) is 9.23. The fourth-order valence-electron chi connectivity index (χ4n) is 6.24. The van der Waals surface area contributed by atoms with Crippen LogP contribution in [0.25, 0.3) is 0 Å². The van der Waals surface area contributed by atoms with Gasteiger partial charge in [-0.05, 0) is 110 Å². The molecule has 1 aliphatic rings. The summed E-state index contributed by atoms with van der Waals surface area (Å²) in [5, 5.41) is 16.9. The van der Waals surface area contributed by atoms with Crippen LogP contribution in [-0.4, -0.2) is 35.4 Å². The Bertz CT molecular complexity index is 2550. The maximum Gasteiger partial charge on any atom is 0.255 e. The van der Waals surface area contributed by atoms with Crippen LogP contribution in [-0.2, 0) is 4.79 Å². The highest BCUT2D eigenvalue weighted by molar-refractivity contribution is 6.14. The second kappa shape index (κ2) is 18.7. The number of nitrogens with one attached hydrogen (secondary N) is 6. The molecule has 1 aliphatic carbocycles. The van der Waals surface area contributed by atoms with Gasteiger partial charge in [0.2, 0.25) is 0 Å². The van der Waals surface area contributed by atoms with Crippen molar-refractivity contribution in [2.24, 2.45) is 0 Å². The zero-order valence-electron chi connectivity index (χ0n) is 32.0. The van der Waals surface area contributed by atoms with Gasteiger partial charge in [0, 0.05) is 67.5 Å². The van der Waals surface area contributed by atoms with Gasteiger partial charge in [-0.3, -0.25) is 28.8 Å². The Morgan fingerprint density at radius 1 is 0.333 bits per heavy atom. The van der Waals surface area contributed by atoms with Crippen LogP contribution in [0.5, 0.6) is 0 Å². The second-order valence-electron chi connectivity index (χ2n) is 13.7. The fraction of sp³-hybridized carbons (Fsp3) is 0.0417. The SMILES string of the molecule is O=C(Nc1cccc(NC(=O)c2cc(C(=O)Nc3cccc(NC(=O)c4ccccc4)c3)cc(C(=O)Nc3cccc(NC(=O)c4ccccc4)c3)c2)c1)C1=CC=CCC1. The Kier molecular flexibility index (Phi) is 12.4. The van der Waals surface area contributed by atoms with Crippen LogP contribution in [0.15, 0.2) is 175 Å². The molecule has 6 amide bonds. The van der Waals surface area contributed by atoms with Crippen molar-refractivity contribution >= 4 is 69.6 Å². The molecule has 0 radical (unpaired) electrons. The predicted molar refractivity (Wildman–Crippen MR) is 234 cm³/mol. The molecule has 7 rings (SSSR count). The minimum Gasteiger partial charge on any atom is -0.322 e. The summed E-state index contributed by atoms with van der Waals surface area (Å²) in [5.74, 6) is -2.79. The molecular formula is C48H38N6O6. The van der Waals surface area contributed by atoms with E-state index in [0.29, 0.717) is 57.2 Å². The number of amides is 6. The van der Waals surface area contributed by atoms with Crippen molar-refractivity contribution in [3.05, 3.63) is 203 Å². The third kappa shape index (κ3) is 10.5. The lowest BCUT2D eigenvalue weighted by Gasteiger charge is -2.14. The van der Waals surface area contributed by atoms with Crippen molar-refractivity contribution in [3.8, 4) is 0 Å². The van der Waals surface area contributed by atoms with E-state index in [9.17, 15) is 28.8 Å². The highest BCUT2D eigenvalue weighted by atomic mass is 16.2. The largest absolute Gasteiger partial charge is 0.322 e. The van der Waals surface area contributed by atoms with Crippen LogP contribution in [0.3, 0.4) is 0 Å². The van der Waals surface area contributed by atoms with Gasteiger partial charge in [0.15, 0.2) is 0 Å². The lowest BCUT2D eigenvalue weighted by molar-refractivity contribution is -0.113. The summed E-state index contributed by atoms with van der Waals surface area (Å²) in [5.41, 5.74) is 3.92. The van der Waals surface area contributed by atoms with Gasteiger partial charge < -0.3 is 31.9 Å².